The highest BCUT2D eigenvalue weighted by Crippen LogP contribution is 2.12. The third-order valence-electron chi connectivity index (χ3n) is 3.02. The zero-order chi connectivity index (χ0) is 11.4. The van der Waals surface area contributed by atoms with Crippen LogP contribution in [0.5, 0.6) is 0 Å². The van der Waals surface area contributed by atoms with E-state index in [-0.39, 0.29) is 0 Å². The van der Waals surface area contributed by atoms with Crippen LogP contribution in [-0.2, 0) is 6.42 Å². The highest BCUT2D eigenvalue weighted by atomic mass is 32.2. The molecule has 1 aliphatic heterocycles. The first-order valence-electron chi connectivity index (χ1n) is 5.77. The lowest BCUT2D eigenvalue weighted by atomic mass is 10.1. The molecule has 0 spiro atoms. The molecule has 90 valence electrons. The summed E-state index contributed by atoms with van der Waals surface area (Å²) in [6.07, 6.45) is 6.88. The van der Waals surface area contributed by atoms with Crippen molar-refractivity contribution < 1.29 is 0 Å². The molecule has 1 saturated heterocycles. The summed E-state index contributed by atoms with van der Waals surface area (Å²) >= 11 is 1.53. The van der Waals surface area contributed by atoms with Crippen LogP contribution in [-0.4, -0.2) is 45.7 Å². The molecule has 0 amide bonds. The first-order valence-corrected chi connectivity index (χ1v) is 6.99. The van der Waals surface area contributed by atoms with Gasteiger partial charge in [0.15, 0.2) is 5.82 Å². The van der Waals surface area contributed by atoms with Crippen molar-refractivity contribution in [2.24, 2.45) is 0 Å². The van der Waals surface area contributed by atoms with Crippen molar-refractivity contribution in [3.05, 3.63) is 5.82 Å². The van der Waals surface area contributed by atoms with Gasteiger partial charge in [0.25, 0.3) is 0 Å². The third-order valence-corrected chi connectivity index (χ3v) is 3.66. The number of hydrogen-bond acceptors (Lipinski definition) is 5. The van der Waals surface area contributed by atoms with Crippen LogP contribution < -0.4 is 5.84 Å². The lowest BCUT2D eigenvalue weighted by molar-refractivity contribution is 0.229. The molecular formula is C10H19N5S. The summed E-state index contributed by atoms with van der Waals surface area (Å²) in [4.78, 5) is 2.48. The molecule has 2 heterocycles. The lowest BCUT2D eigenvalue weighted by Gasteiger charge is -2.25. The fourth-order valence-corrected chi connectivity index (χ4v) is 2.48. The second kappa shape index (κ2) is 5.54. The largest absolute Gasteiger partial charge is 0.336 e. The number of thioether (sulfide) groups is 1. The lowest BCUT2D eigenvalue weighted by Crippen LogP contribution is -2.32. The van der Waals surface area contributed by atoms with E-state index < -0.39 is 0 Å². The topological polar surface area (TPSA) is 60.0 Å². The predicted octanol–water partition coefficient (Wildman–Crippen LogP) is 0.742. The zero-order valence-corrected chi connectivity index (χ0v) is 10.5. The van der Waals surface area contributed by atoms with Gasteiger partial charge in [0.2, 0.25) is 5.16 Å². The van der Waals surface area contributed by atoms with Crippen molar-refractivity contribution in [2.75, 3.05) is 31.7 Å². The molecule has 1 aromatic heterocycles. The summed E-state index contributed by atoms with van der Waals surface area (Å²) in [5.41, 5.74) is 0. The number of nitrogens with zero attached hydrogens (tertiary/aromatic N) is 4. The van der Waals surface area contributed by atoms with Crippen molar-refractivity contribution in [1.29, 1.82) is 0 Å². The fourth-order valence-electron chi connectivity index (χ4n) is 2.06. The minimum atomic E-state index is 0.786. The van der Waals surface area contributed by atoms with Gasteiger partial charge in [0.1, 0.15) is 0 Å². The van der Waals surface area contributed by atoms with Crippen LogP contribution in [0, 0.1) is 0 Å². The van der Waals surface area contributed by atoms with E-state index in [1.807, 2.05) is 6.26 Å². The maximum Gasteiger partial charge on any atom is 0.209 e. The molecule has 2 rings (SSSR count). The van der Waals surface area contributed by atoms with Crippen molar-refractivity contribution in [3.8, 4) is 0 Å². The van der Waals surface area contributed by atoms with E-state index in [1.54, 1.807) is 4.68 Å². The molecule has 0 saturated carbocycles. The number of nitrogens with two attached hydrogens (primary N) is 1. The Balaban J connectivity index is 1.86. The van der Waals surface area contributed by atoms with Crippen LogP contribution in [0.15, 0.2) is 5.16 Å². The van der Waals surface area contributed by atoms with Gasteiger partial charge in [-0.15, -0.1) is 10.2 Å². The van der Waals surface area contributed by atoms with Crippen molar-refractivity contribution >= 4 is 11.8 Å². The molecule has 0 atom stereocenters. The van der Waals surface area contributed by atoms with Gasteiger partial charge in [0.05, 0.1) is 0 Å². The van der Waals surface area contributed by atoms with E-state index in [9.17, 15) is 0 Å². The Labute approximate surface area is 100 Å². The number of likely N-dealkylation sites (tertiary alicyclic amines) is 1. The summed E-state index contributed by atoms with van der Waals surface area (Å²) in [6, 6.07) is 0. The van der Waals surface area contributed by atoms with E-state index in [1.165, 1.54) is 44.1 Å². The van der Waals surface area contributed by atoms with Crippen LogP contribution in [0.25, 0.3) is 0 Å². The number of hydrogen-bond donors (Lipinski definition) is 1. The minimum Gasteiger partial charge on any atom is -0.336 e. The first kappa shape index (κ1) is 11.7. The Bertz CT molecular complexity index is 332. The molecule has 2 N–H and O–H groups in total. The first-order chi connectivity index (χ1) is 7.81. The second-order valence-electron chi connectivity index (χ2n) is 4.13. The van der Waals surface area contributed by atoms with Crippen LogP contribution >= 0.6 is 11.8 Å². The van der Waals surface area contributed by atoms with E-state index in [2.05, 4.69) is 15.1 Å². The molecule has 1 fully saturated rings. The summed E-state index contributed by atoms with van der Waals surface area (Å²) in [5.74, 6) is 6.77. The summed E-state index contributed by atoms with van der Waals surface area (Å²) in [7, 11) is 0. The van der Waals surface area contributed by atoms with Crippen LogP contribution in [0.3, 0.4) is 0 Å². The Kier molecular flexibility index (Phi) is 4.06. The van der Waals surface area contributed by atoms with Gasteiger partial charge in [-0.2, -0.15) is 0 Å². The van der Waals surface area contributed by atoms with Gasteiger partial charge in [0, 0.05) is 13.0 Å². The number of nitrogen functional groups attached to an aromatic ring is 1. The average molecular weight is 241 g/mol. The Morgan fingerprint density at radius 3 is 2.62 bits per heavy atom. The molecule has 0 unspecified atom stereocenters. The molecule has 5 nitrogen and oxygen atoms in total. The molecule has 0 aliphatic carbocycles. The maximum atomic E-state index is 5.88. The molecule has 0 radical (unpaired) electrons. The van der Waals surface area contributed by atoms with Crippen molar-refractivity contribution in [2.45, 2.75) is 30.8 Å². The monoisotopic (exact) mass is 241 g/mol. The quantitative estimate of drug-likeness (QED) is 0.622. The second-order valence-corrected chi connectivity index (χ2v) is 4.90. The minimum absolute atomic E-state index is 0.786. The molecular weight excluding hydrogens is 222 g/mol. The van der Waals surface area contributed by atoms with Crippen LogP contribution in [0.4, 0.5) is 0 Å². The van der Waals surface area contributed by atoms with Crippen molar-refractivity contribution in [3.63, 3.8) is 0 Å². The van der Waals surface area contributed by atoms with Gasteiger partial charge in [-0.1, -0.05) is 18.2 Å². The number of rotatable bonds is 4. The highest BCUT2D eigenvalue weighted by molar-refractivity contribution is 7.98. The van der Waals surface area contributed by atoms with Gasteiger partial charge < -0.3 is 10.7 Å². The fraction of sp³-hybridized carbons (Fsp3) is 0.800. The molecule has 1 aliphatic rings. The Hall–Kier alpha value is -0.750. The smallest absolute Gasteiger partial charge is 0.209 e. The average Bonchev–Trinajstić information content (AvgIpc) is 2.69. The van der Waals surface area contributed by atoms with E-state index in [0.29, 0.717) is 0 Å². The van der Waals surface area contributed by atoms with E-state index in [0.717, 1.165) is 23.9 Å². The summed E-state index contributed by atoms with van der Waals surface area (Å²) < 4.78 is 1.61. The van der Waals surface area contributed by atoms with Gasteiger partial charge >= 0.3 is 0 Å². The summed E-state index contributed by atoms with van der Waals surface area (Å²) in [5, 5.41) is 8.93. The maximum absolute atomic E-state index is 5.88. The molecule has 1 aromatic rings. The third kappa shape index (κ3) is 2.68. The molecule has 0 bridgehead atoms. The van der Waals surface area contributed by atoms with Gasteiger partial charge in [-0.05, 0) is 32.2 Å². The predicted molar refractivity (Wildman–Crippen MR) is 65.9 cm³/mol. The number of piperidine rings is 1. The standard InChI is InChI=1S/C10H19N5S/c1-16-10-13-12-9(15(10)11)5-8-14-6-3-2-4-7-14/h2-8,11H2,1H3. The van der Waals surface area contributed by atoms with E-state index >= 15 is 0 Å². The molecule has 6 heteroatoms. The zero-order valence-electron chi connectivity index (χ0n) is 9.72. The number of aromatic nitrogens is 3. The molecule has 16 heavy (non-hydrogen) atoms. The van der Waals surface area contributed by atoms with Crippen LogP contribution in [0.1, 0.15) is 25.1 Å². The van der Waals surface area contributed by atoms with E-state index in [4.69, 9.17) is 5.84 Å². The Morgan fingerprint density at radius 2 is 2.00 bits per heavy atom. The highest BCUT2D eigenvalue weighted by Gasteiger charge is 2.13. The normalized spacial score (nSPS) is 17.8. The Morgan fingerprint density at radius 1 is 1.25 bits per heavy atom. The van der Waals surface area contributed by atoms with Crippen molar-refractivity contribution in [1.82, 2.24) is 19.8 Å². The summed E-state index contributed by atoms with van der Waals surface area (Å²) in [6.45, 7) is 3.48. The van der Waals surface area contributed by atoms with Gasteiger partial charge in [-0.25, -0.2) is 4.68 Å². The molecule has 0 aromatic carbocycles. The van der Waals surface area contributed by atoms with Gasteiger partial charge in [-0.3, -0.25) is 0 Å². The SMILES string of the molecule is CSc1nnc(CCN2CCCCC2)n1N. The van der Waals surface area contributed by atoms with Crippen LogP contribution in [0.2, 0.25) is 0 Å².